The van der Waals surface area contributed by atoms with Gasteiger partial charge in [-0.2, -0.15) is 0 Å². The van der Waals surface area contributed by atoms with Gasteiger partial charge in [-0.05, 0) is 22.0 Å². The van der Waals surface area contributed by atoms with Crippen molar-refractivity contribution in [3.8, 4) is 0 Å². The summed E-state index contributed by atoms with van der Waals surface area (Å²) in [6, 6.07) is 0.425. The van der Waals surface area contributed by atoms with Crippen molar-refractivity contribution in [2.45, 2.75) is 6.04 Å². The number of nitrogens with zero attached hydrogens (tertiary/aromatic N) is 4. The van der Waals surface area contributed by atoms with Crippen LogP contribution in [0.25, 0.3) is 0 Å². The summed E-state index contributed by atoms with van der Waals surface area (Å²) in [4.78, 5) is 4.75. The van der Waals surface area contributed by atoms with Crippen molar-refractivity contribution in [3.05, 3.63) is 16.3 Å². The fraction of sp³-hybridized carbons (Fsp3) is 0.600. The minimum atomic E-state index is 0.425. The summed E-state index contributed by atoms with van der Waals surface area (Å²) >= 11 is 4.94. The largest absolute Gasteiger partial charge is 0.500 e. The standard InChI is InChI=1S/C10H13BrN4OS/c11-9-12-13-10(17-9)15-3-2-14-4-6-16-5-1-8(14)7-15/h1,5,8H,2-4,6-7H2/t8-/m0/s1. The van der Waals surface area contributed by atoms with E-state index < -0.39 is 0 Å². The van der Waals surface area contributed by atoms with Gasteiger partial charge in [0.05, 0.1) is 12.9 Å². The van der Waals surface area contributed by atoms with Crippen molar-refractivity contribution in [2.24, 2.45) is 0 Å². The van der Waals surface area contributed by atoms with E-state index in [1.165, 1.54) is 0 Å². The monoisotopic (exact) mass is 316 g/mol. The van der Waals surface area contributed by atoms with Crippen molar-refractivity contribution < 1.29 is 4.74 Å². The van der Waals surface area contributed by atoms with Gasteiger partial charge in [0.2, 0.25) is 5.13 Å². The molecular formula is C10H13BrN4OS. The summed E-state index contributed by atoms with van der Waals surface area (Å²) in [7, 11) is 0. The van der Waals surface area contributed by atoms with Gasteiger partial charge in [-0.25, -0.2) is 0 Å². The summed E-state index contributed by atoms with van der Waals surface area (Å²) in [5, 5.41) is 9.17. The number of hydrogen-bond acceptors (Lipinski definition) is 6. The maximum Gasteiger partial charge on any atom is 0.209 e. The van der Waals surface area contributed by atoms with Crippen LogP contribution in [-0.4, -0.2) is 53.9 Å². The molecule has 7 heteroatoms. The van der Waals surface area contributed by atoms with E-state index in [1.54, 1.807) is 11.3 Å². The van der Waals surface area contributed by atoms with Crippen molar-refractivity contribution in [1.29, 1.82) is 0 Å². The first-order valence-electron chi connectivity index (χ1n) is 5.59. The van der Waals surface area contributed by atoms with Gasteiger partial charge in [0, 0.05) is 32.2 Å². The molecule has 0 spiro atoms. The second-order valence-corrected chi connectivity index (χ2v) is 6.32. The van der Waals surface area contributed by atoms with Gasteiger partial charge in [-0.1, -0.05) is 11.3 Å². The molecule has 3 heterocycles. The predicted molar refractivity (Wildman–Crippen MR) is 70.3 cm³/mol. The van der Waals surface area contributed by atoms with Crippen LogP contribution < -0.4 is 4.90 Å². The summed E-state index contributed by atoms with van der Waals surface area (Å²) in [6.45, 7) is 4.81. The van der Waals surface area contributed by atoms with Crippen LogP contribution in [-0.2, 0) is 4.74 Å². The van der Waals surface area contributed by atoms with Crippen LogP contribution in [0.5, 0.6) is 0 Å². The maximum atomic E-state index is 5.36. The number of rotatable bonds is 1. The number of hydrogen-bond donors (Lipinski definition) is 0. The third-order valence-corrected chi connectivity index (χ3v) is 4.50. The molecule has 0 unspecified atom stereocenters. The molecule has 2 aliphatic heterocycles. The van der Waals surface area contributed by atoms with Gasteiger partial charge >= 0.3 is 0 Å². The fourth-order valence-corrected chi connectivity index (χ4v) is 3.31. The molecule has 0 aliphatic carbocycles. The fourth-order valence-electron chi connectivity index (χ4n) is 2.19. The molecule has 1 fully saturated rings. The summed E-state index contributed by atoms with van der Waals surface area (Å²) in [6.07, 6.45) is 3.96. The highest BCUT2D eigenvalue weighted by Crippen LogP contribution is 2.26. The van der Waals surface area contributed by atoms with E-state index in [0.29, 0.717) is 6.04 Å². The quantitative estimate of drug-likeness (QED) is 0.782. The molecule has 0 radical (unpaired) electrons. The van der Waals surface area contributed by atoms with Gasteiger partial charge in [0.15, 0.2) is 3.92 Å². The van der Waals surface area contributed by atoms with Crippen LogP contribution in [0.15, 0.2) is 16.3 Å². The third kappa shape index (κ3) is 2.46. The van der Waals surface area contributed by atoms with Gasteiger partial charge in [0.25, 0.3) is 0 Å². The molecular weight excluding hydrogens is 304 g/mol. The topological polar surface area (TPSA) is 41.5 Å². The molecule has 0 bridgehead atoms. The number of fused-ring (bicyclic) bond motifs is 1. The molecule has 5 nitrogen and oxygen atoms in total. The maximum absolute atomic E-state index is 5.36. The Morgan fingerprint density at radius 2 is 2.29 bits per heavy atom. The van der Waals surface area contributed by atoms with Crippen molar-refractivity contribution in [1.82, 2.24) is 15.1 Å². The zero-order valence-electron chi connectivity index (χ0n) is 9.25. The molecule has 17 heavy (non-hydrogen) atoms. The number of anilines is 1. The summed E-state index contributed by atoms with van der Waals surface area (Å²) in [5.41, 5.74) is 0. The number of halogens is 1. The summed E-state index contributed by atoms with van der Waals surface area (Å²) < 4.78 is 6.20. The van der Waals surface area contributed by atoms with E-state index in [1.807, 2.05) is 6.26 Å². The molecule has 92 valence electrons. The van der Waals surface area contributed by atoms with Crippen LogP contribution in [0.2, 0.25) is 0 Å². The molecule has 2 aliphatic rings. The van der Waals surface area contributed by atoms with Gasteiger partial charge in [0.1, 0.15) is 0 Å². The summed E-state index contributed by atoms with van der Waals surface area (Å²) in [5.74, 6) is 0. The third-order valence-electron chi connectivity index (χ3n) is 3.09. The van der Waals surface area contributed by atoms with Gasteiger partial charge in [-0.3, -0.25) is 4.90 Å². The first kappa shape index (κ1) is 11.4. The van der Waals surface area contributed by atoms with Crippen molar-refractivity contribution in [2.75, 3.05) is 37.7 Å². The highest BCUT2D eigenvalue weighted by atomic mass is 79.9. The molecule has 3 rings (SSSR count). The SMILES string of the molecule is Brc1nnc(N2CCN3CCOC=C[C@H]3C2)s1. The smallest absolute Gasteiger partial charge is 0.209 e. The molecule has 0 aromatic carbocycles. The molecule has 1 atom stereocenters. The van der Waals surface area contributed by atoms with Crippen LogP contribution in [0.4, 0.5) is 5.13 Å². The van der Waals surface area contributed by atoms with Crippen molar-refractivity contribution >= 4 is 32.4 Å². The molecule has 0 amide bonds. The number of ether oxygens (including phenoxy) is 1. The van der Waals surface area contributed by atoms with Crippen LogP contribution >= 0.6 is 27.3 Å². The van der Waals surface area contributed by atoms with Crippen LogP contribution in [0.3, 0.4) is 0 Å². The van der Waals surface area contributed by atoms with Crippen molar-refractivity contribution in [3.63, 3.8) is 0 Å². The van der Waals surface area contributed by atoms with Crippen LogP contribution in [0, 0.1) is 0 Å². The Morgan fingerprint density at radius 3 is 3.12 bits per heavy atom. The van der Waals surface area contributed by atoms with Gasteiger partial charge < -0.3 is 9.64 Å². The second kappa shape index (κ2) is 4.91. The Labute approximate surface area is 112 Å². The van der Waals surface area contributed by atoms with Gasteiger partial charge in [-0.15, -0.1) is 10.2 Å². The van der Waals surface area contributed by atoms with E-state index in [2.05, 4.69) is 42.0 Å². The molecule has 1 aromatic heterocycles. The average molecular weight is 317 g/mol. The Kier molecular flexibility index (Phi) is 3.30. The van der Waals surface area contributed by atoms with E-state index in [0.717, 1.165) is 41.8 Å². The highest BCUT2D eigenvalue weighted by molar-refractivity contribution is 9.11. The first-order chi connectivity index (χ1) is 8.33. The lowest BCUT2D eigenvalue weighted by Crippen LogP contribution is -2.52. The Balaban J connectivity index is 1.74. The van der Waals surface area contributed by atoms with Crippen LogP contribution in [0.1, 0.15) is 0 Å². The lowest BCUT2D eigenvalue weighted by Gasteiger charge is -2.38. The normalized spacial score (nSPS) is 25.2. The number of aromatic nitrogens is 2. The molecule has 1 aromatic rings. The van der Waals surface area contributed by atoms with E-state index in [-0.39, 0.29) is 0 Å². The van der Waals surface area contributed by atoms with E-state index in [9.17, 15) is 0 Å². The second-order valence-electron chi connectivity index (χ2n) is 4.09. The highest BCUT2D eigenvalue weighted by Gasteiger charge is 2.27. The van der Waals surface area contributed by atoms with E-state index in [4.69, 9.17) is 4.74 Å². The average Bonchev–Trinajstić information content (AvgIpc) is 2.64. The Morgan fingerprint density at radius 1 is 1.35 bits per heavy atom. The minimum Gasteiger partial charge on any atom is -0.500 e. The minimum absolute atomic E-state index is 0.425. The van der Waals surface area contributed by atoms with E-state index >= 15 is 0 Å². The Bertz CT molecular complexity index is 424. The molecule has 0 saturated carbocycles. The molecule has 1 saturated heterocycles. The first-order valence-corrected chi connectivity index (χ1v) is 7.20. The lowest BCUT2D eigenvalue weighted by molar-refractivity contribution is 0.167. The predicted octanol–water partition coefficient (Wildman–Crippen LogP) is 1.34. The lowest BCUT2D eigenvalue weighted by atomic mass is 10.2. The zero-order chi connectivity index (χ0) is 11.7. The number of piperazine rings is 1. The Hall–Kier alpha value is -0.660. The zero-order valence-corrected chi connectivity index (χ0v) is 11.7. The molecule has 0 N–H and O–H groups in total.